The Labute approximate surface area is 92.2 Å². The number of allylic oxidation sites excluding steroid dienone is 1. The van der Waals surface area contributed by atoms with E-state index in [0.717, 1.165) is 12.8 Å². The van der Waals surface area contributed by atoms with Crippen LogP contribution in [0.3, 0.4) is 0 Å². The molecule has 1 heteroatoms. The van der Waals surface area contributed by atoms with E-state index in [9.17, 15) is 0 Å². The molecule has 1 fully saturated rings. The molecule has 0 bridgehead atoms. The zero-order chi connectivity index (χ0) is 10.3. The second kappa shape index (κ2) is 5.72. The Morgan fingerprint density at radius 2 is 2.13 bits per heavy atom. The molecule has 0 radical (unpaired) electrons. The van der Waals surface area contributed by atoms with E-state index in [4.69, 9.17) is 0 Å². The maximum Gasteiger partial charge on any atom is 0.0250 e. The fraction of sp³-hybridized carbons (Fsp3) is 0.429. The zero-order valence-electron chi connectivity index (χ0n) is 9.15. The highest BCUT2D eigenvalue weighted by Crippen LogP contribution is 2.07. The summed E-state index contributed by atoms with van der Waals surface area (Å²) in [5.41, 5.74) is 1.43. The van der Waals surface area contributed by atoms with Crippen LogP contribution in [0.1, 0.15) is 24.8 Å². The molecule has 2 rings (SSSR count). The van der Waals surface area contributed by atoms with Gasteiger partial charge in [0.15, 0.2) is 0 Å². The highest BCUT2D eigenvalue weighted by Gasteiger charge is 2.08. The van der Waals surface area contributed by atoms with Gasteiger partial charge in [-0.1, -0.05) is 42.5 Å². The first-order valence-electron chi connectivity index (χ1n) is 5.89. The Morgan fingerprint density at radius 1 is 1.27 bits per heavy atom. The Hall–Kier alpha value is -1.08. The Kier molecular flexibility index (Phi) is 3.98. The normalized spacial score (nSPS) is 21.2. The predicted octanol–water partition coefficient (Wildman–Crippen LogP) is 2.93. The van der Waals surface area contributed by atoms with Gasteiger partial charge in [0, 0.05) is 6.04 Å². The lowest BCUT2D eigenvalue weighted by Crippen LogP contribution is -2.18. The van der Waals surface area contributed by atoms with Crippen LogP contribution in [0.15, 0.2) is 42.5 Å². The van der Waals surface area contributed by atoms with Crippen molar-refractivity contribution in [2.45, 2.75) is 31.7 Å². The molecule has 1 aromatic rings. The SMILES string of the molecule is C(=C\[C@@H]1CCCN1)/CCc1ccccc1. The van der Waals surface area contributed by atoms with Crippen LogP contribution in [0.2, 0.25) is 0 Å². The van der Waals surface area contributed by atoms with E-state index in [0.29, 0.717) is 6.04 Å². The molecule has 0 spiro atoms. The number of aryl methyl sites for hydroxylation is 1. The van der Waals surface area contributed by atoms with Gasteiger partial charge in [-0.05, 0) is 37.8 Å². The van der Waals surface area contributed by atoms with Crippen molar-refractivity contribution in [1.82, 2.24) is 5.32 Å². The smallest absolute Gasteiger partial charge is 0.0250 e. The summed E-state index contributed by atoms with van der Waals surface area (Å²) in [6.45, 7) is 1.19. The van der Waals surface area contributed by atoms with Gasteiger partial charge in [-0.25, -0.2) is 0 Å². The van der Waals surface area contributed by atoms with Crippen molar-refractivity contribution in [3.63, 3.8) is 0 Å². The van der Waals surface area contributed by atoms with Crippen LogP contribution in [-0.2, 0) is 6.42 Å². The first kappa shape index (κ1) is 10.4. The summed E-state index contributed by atoms with van der Waals surface area (Å²) >= 11 is 0. The highest BCUT2D eigenvalue weighted by atomic mass is 14.9. The Bertz CT molecular complexity index is 296. The molecule has 1 saturated heterocycles. The summed E-state index contributed by atoms with van der Waals surface area (Å²) in [6.07, 6.45) is 9.59. The number of hydrogen-bond donors (Lipinski definition) is 1. The monoisotopic (exact) mass is 201 g/mol. The van der Waals surface area contributed by atoms with Gasteiger partial charge in [0.2, 0.25) is 0 Å². The van der Waals surface area contributed by atoms with E-state index < -0.39 is 0 Å². The van der Waals surface area contributed by atoms with Crippen molar-refractivity contribution in [3.05, 3.63) is 48.0 Å². The van der Waals surface area contributed by atoms with Crippen molar-refractivity contribution in [1.29, 1.82) is 0 Å². The molecule has 0 unspecified atom stereocenters. The molecule has 1 heterocycles. The summed E-state index contributed by atoms with van der Waals surface area (Å²) in [5.74, 6) is 0. The molecule has 80 valence electrons. The van der Waals surface area contributed by atoms with Gasteiger partial charge in [0.25, 0.3) is 0 Å². The number of benzene rings is 1. The minimum atomic E-state index is 0.640. The Balaban J connectivity index is 1.70. The van der Waals surface area contributed by atoms with Gasteiger partial charge in [-0.3, -0.25) is 0 Å². The highest BCUT2D eigenvalue weighted by molar-refractivity contribution is 5.15. The summed E-state index contributed by atoms with van der Waals surface area (Å²) < 4.78 is 0. The number of rotatable bonds is 4. The fourth-order valence-corrected chi connectivity index (χ4v) is 2.03. The van der Waals surface area contributed by atoms with Crippen molar-refractivity contribution in [3.8, 4) is 0 Å². The molecule has 1 N–H and O–H groups in total. The average Bonchev–Trinajstić information content (AvgIpc) is 2.79. The van der Waals surface area contributed by atoms with Crippen molar-refractivity contribution in [2.75, 3.05) is 6.54 Å². The van der Waals surface area contributed by atoms with Gasteiger partial charge >= 0.3 is 0 Å². The molecular formula is C14H19N. The maximum atomic E-state index is 3.47. The third kappa shape index (κ3) is 3.52. The second-order valence-corrected chi connectivity index (χ2v) is 4.16. The topological polar surface area (TPSA) is 12.0 Å². The molecule has 0 amide bonds. The molecule has 1 aliphatic heterocycles. The summed E-state index contributed by atoms with van der Waals surface area (Å²) in [7, 11) is 0. The molecule has 0 aromatic heterocycles. The lowest BCUT2D eigenvalue weighted by atomic mass is 10.1. The largest absolute Gasteiger partial charge is 0.311 e. The van der Waals surface area contributed by atoms with E-state index in [2.05, 4.69) is 47.8 Å². The van der Waals surface area contributed by atoms with Crippen LogP contribution in [-0.4, -0.2) is 12.6 Å². The fourth-order valence-electron chi connectivity index (χ4n) is 2.03. The van der Waals surface area contributed by atoms with Crippen LogP contribution < -0.4 is 5.32 Å². The maximum absolute atomic E-state index is 3.47. The summed E-state index contributed by atoms with van der Waals surface area (Å²) in [6, 6.07) is 11.3. The van der Waals surface area contributed by atoms with E-state index in [1.807, 2.05) is 0 Å². The molecule has 1 aromatic carbocycles. The Morgan fingerprint density at radius 3 is 2.87 bits per heavy atom. The van der Waals surface area contributed by atoms with Crippen molar-refractivity contribution in [2.24, 2.45) is 0 Å². The molecule has 0 aliphatic carbocycles. The number of nitrogens with one attached hydrogen (secondary N) is 1. The molecular weight excluding hydrogens is 182 g/mol. The van der Waals surface area contributed by atoms with E-state index in [-0.39, 0.29) is 0 Å². The second-order valence-electron chi connectivity index (χ2n) is 4.16. The standard InChI is InChI=1S/C14H19N/c1-2-7-13(8-3-1)9-4-5-10-14-11-6-12-15-14/h1-3,5,7-8,10,14-15H,4,6,9,11-12H2/b10-5+/t14-/m1/s1. The molecule has 15 heavy (non-hydrogen) atoms. The molecule has 1 nitrogen and oxygen atoms in total. The number of hydrogen-bond acceptors (Lipinski definition) is 1. The van der Waals surface area contributed by atoms with Crippen molar-refractivity contribution < 1.29 is 0 Å². The summed E-state index contributed by atoms with van der Waals surface area (Å²) in [5, 5.41) is 3.47. The van der Waals surface area contributed by atoms with Crippen LogP contribution in [0.25, 0.3) is 0 Å². The van der Waals surface area contributed by atoms with Gasteiger partial charge in [0.05, 0.1) is 0 Å². The van der Waals surface area contributed by atoms with E-state index >= 15 is 0 Å². The third-order valence-corrected chi connectivity index (χ3v) is 2.91. The lowest BCUT2D eigenvalue weighted by molar-refractivity contribution is 0.724. The van der Waals surface area contributed by atoms with E-state index in [1.165, 1.54) is 24.9 Å². The first-order chi connectivity index (χ1) is 7.45. The van der Waals surface area contributed by atoms with Crippen LogP contribution in [0, 0.1) is 0 Å². The van der Waals surface area contributed by atoms with Crippen LogP contribution >= 0.6 is 0 Å². The van der Waals surface area contributed by atoms with Gasteiger partial charge in [0.1, 0.15) is 0 Å². The molecule has 1 aliphatic rings. The lowest BCUT2D eigenvalue weighted by Gasteiger charge is -2.02. The van der Waals surface area contributed by atoms with Gasteiger partial charge < -0.3 is 5.32 Å². The van der Waals surface area contributed by atoms with Gasteiger partial charge in [-0.2, -0.15) is 0 Å². The van der Waals surface area contributed by atoms with Crippen LogP contribution in [0.4, 0.5) is 0 Å². The minimum absolute atomic E-state index is 0.640. The average molecular weight is 201 g/mol. The first-order valence-corrected chi connectivity index (χ1v) is 5.89. The minimum Gasteiger partial charge on any atom is -0.311 e. The predicted molar refractivity (Wildman–Crippen MR) is 64.9 cm³/mol. The van der Waals surface area contributed by atoms with E-state index in [1.54, 1.807) is 0 Å². The molecule has 1 atom stereocenters. The zero-order valence-corrected chi connectivity index (χ0v) is 9.15. The quantitative estimate of drug-likeness (QED) is 0.739. The summed E-state index contributed by atoms with van der Waals surface area (Å²) in [4.78, 5) is 0. The van der Waals surface area contributed by atoms with Gasteiger partial charge in [-0.15, -0.1) is 0 Å². The molecule has 0 saturated carbocycles. The van der Waals surface area contributed by atoms with Crippen molar-refractivity contribution >= 4 is 0 Å². The van der Waals surface area contributed by atoms with Crippen LogP contribution in [0.5, 0.6) is 0 Å². The third-order valence-electron chi connectivity index (χ3n) is 2.91.